The van der Waals surface area contributed by atoms with E-state index in [0.29, 0.717) is 6.42 Å². The average molecular weight is 226 g/mol. The minimum Gasteiger partial charge on any atom is -0.356 e. The lowest BCUT2D eigenvalue weighted by Crippen LogP contribution is -2.27. The first-order chi connectivity index (χ1) is 7.33. The van der Waals surface area contributed by atoms with E-state index >= 15 is 0 Å². The predicted molar refractivity (Wildman–Crippen MR) is 63.9 cm³/mol. The normalized spacial score (nSPS) is 10.2. The first-order valence-electron chi connectivity index (χ1n) is 5.32. The number of hydrogen-bond acceptors (Lipinski definition) is 3. The molecule has 4 heteroatoms. The van der Waals surface area contributed by atoms with Crippen LogP contribution < -0.4 is 10.6 Å². The third-order valence-corrected chi connectivity index (χ3v) is 2.86. The standard InChI is InChI=1S/C11H18N2OS/c1-2-6-13-11(14)5-7-12-9-10-4-3-8-15-10/h3-4,8,12H,2,5-7,9H2,1H3,(H,13,14). The fraction of sp³-hybridized carbons (Fsp3) is 0.545. The minimum atomic E-state index is 0.135. The van der Waals surface area contributed by atoms with Crippen LogP contribution in [0.25, 0.3) is 0 Å². The van der Waals surface area contributed by atoms with E-state index in [1.807, 2.05) is 6.07 Å². The van der Waals surface area contributed by atoms with Gasteiger partial charge in [0.1, 0.15) is 0 Å². The molecule has 15 heavy (non-hydrogen) atoms. The zero-order chi connectivity index (χ0) is 10.9. The van der Waals surface area contributed by atoms with Crippen molar-refractivity contribution >= 4 is 17.2 Å². The maximum atomic E-state index is 11.2. The van der Waals surface area contributed by atoms with Gasteiger partial charge in [-0.05, 0) is 17.9 Å². The van der Waals surface area contributed by atoms with Crippen molar-refractivity contribution in [3.63, 3.8) is 0 Å². The van der Waals surface area contributed by atoms with Gasteiger partial charge in [0.05, 0.1) is 0 Å². The number of carbonyl (C=O) groups excluding carboxylic acids is 1. The van der Waals surface area contributed by atoms with Crippen LogP contribution in [0.2, 0.25) is 0 Å². The molecule has 0 radical (unpaired) electrons. The van der Waals surface area contributed by atoms with Gasteiger partial charge >= 0.3 is 0 Å². The molecule has 1 aromatic heterocycles. The summed E-state index contributed by atoms with van der Waals surface area (Å²) in [6.45, 7) is 4.44. The molecule has 1 amide bonds. The Kier molecular flexibility index (Phi) is 6.04. The smallest absolute Gasteiger partial charge is 0.221 e. The highest BCUT2D eigenvalue weighted by molar-refractivity contribution is 7.09. The molecule has 0 atom stereocenters. The molecule has 0 aliphatic heterocycles. The monoisotopic (exact) mass is 226 g/mol. The van der Waals surface area contributed by atoms with E-state index in [1.54, 1.807) is 11.3 Å². The van der Waals surface area contributed by atoms with Crippen LogP contribution in [0.5, 0.6) is 0 Å². The van der Waals surface area contributed by atoms with Crippen molar-refractivity contribution in [2.75, 3.05) is 13.1 Å². The van der Waals surface area contributed by atoms with E-state index in [9.17, 15) is 4.79 Å². The summed E-state index contributed by atoms with van der Waals surface area (Å²) < 4.78 is 0. The third-order valence-electron chi connectivity index (χ3n) is 1.98. The molecule has 0 unspecified atom stereocenters. The number of hydrogen-bond donors (Lipinski definition) is 2. The van der Waals surface area contributed by atoms with Gasteiger partial charge in [0.15, 0.2) is 0 Å². The summed E-state index contributed by atoms with van der Waals surface area (Å²) in [4.78, 5) is 12.5. The van der Waals surface area contributed by atoms with Crippen LogP contribution in [0, 0.1) is 0 Å². The Bertz CT molecular complexity index is 272. The Morgan fingerprint density at radius 1 is 1.47 bits per heavy atom. The van der Waals surface area contributed by atoms with Gasteiger partial charge in [-0.3, -0.25) is 4.79 Å². The molecule has 84 valence electrons. The van der Waals surface area contributed by atoms with Gasteiger partial charge in [0.2, 0.25) is 5.91 Å². The predicted octanol–water partition coefficient (Wildman–Crippen LogP) is 1.75. The molecule has 0 saturated carbocycles. The summed E-state index contributed by atoms with van der Waals surface area (Å²) in [6.07, 6.45) is 1.56. The molecule has 0 fully saturated rings. The van der Waals surface area contributed by atoms with Crippen LogP contribution >= 0.6 is 11.3 Å². The van der Waals surface area contributed by atoms with E-state index in [0.717, 1.165) is 26.1 Å². The van der Waals surface area contributed by atoms with Crippen molar-refractivity contribution in [3.8, 4) is 0 Å². The molecule has 1 rings (SSSR count). The molecule has 1 heterocycles. The van der Waals surface area contributed by atoms with E-state index in [4.69, 9.17) is 0 Å². The van der Waals surface area contributed by atoms with Crippen LogP contribution in [-0.4, -0.2) is 19.0 Å². The van der Waals surface area contributed by atoms with Crippen LogP contribution in [0.15, 0.2) is 17.5 Å². The highest BCUT2D eigenvalue weighted by Gasteiger charge is 1.99. The number of rotatable bonds is 7. The Morgan fingerprint density at radius 2 is 2.33 bits per heavy atom. The Hall–Kier alpha value is -0.870. The van der Waals surface area contributed by atoms with E-state index in [-0.39, 0.29) is 5.91 Å². The average Bonchev–Trinajstić information content (AvgIpc) is 2.74. The van der Waals surface area contributed by atoms with Gasteiger partial charge in [-0.15, -0.1) is 11.3 Å². The quantitative estimate of drug-likeness (QED) is 0.696. The molecular formula is C11H18N2OS. The molecule has 0 aliphatic rings. The van der Waals surface area contributed by atoms with Gasteiger partial charge in [0, 0.05) is 30.9 Å². The van der Waals surface area contributed by atoms with Crippen molar-refractivity contribution in [3.05, 3.63) is 22.4 Å². The van der Waals surface area contributed by atoms with Gasteiger partial charge in [-0.25, -0.2) is 0 Å². The number of amides is 1. The zero-order valence-corrected chi connectivity index (χ0v) is 9.90. The second-order valence-corrected chi connectivity index (χ2v) is 4.39. The second kappa shape index (κ2) is 7.43. The van der Waals surface area contributed by atoms with Crippen molar-refractivity contribution in [1.82, 2.24) is 10.6 Å². The molecule has 3 nitrogen and oxygen atoms in total. The first kappa shape index (κ1) is 12.2. The van der Waals surface area contributed by atoms with Crippen LogP contribution in [0.3, 0.4) is 0 Å². The lowest BCUT2D eigenvalue weighted by Gasteiger charge is -2.04. The fourth-order valence-corrected chi connectivity index (χ4v) is 1.85. The van der Waals surface area contributed by atoms with E-state index < -0.39 is 0 Å². The highest BCUT2D eigenvalue weighted by Crippen LogP contribution is 2.06. The number of nitrogens with one attached hydrogen (secondary N) is 2. The Balaban J connectivity index is 1.99. The number of carbonyl (C=O) groups is 1. The lowest BCUT2D eigenvalue weighted by atomic mass is 10.3. The molecular weight excluding hydrogens is 208 g/mol. The van der Waals surface area contributed by atoms with Crippen LogP contribution in [0.4, 0.5) is 0 Å². The maximum absolute atomic E-state index is 11.2. The van der Waals surface area contributed by atoms with Crippen molar-refractivity contribution in [2.24, 2.45) is 0 Å². The number of thiophene rings is 1. The molecule has 0 spiro atoms. The summed E-state index contributed by atoms with van der Waals surface area (Å²) in [7, 11) is 0. The minimum absolute atomic E-state index is 0.135. The van der Waals surface area contributed by atoms with Crippen molar-refractivity contribution in [2.45, 2.75) is 26.3 Å². The third kappa shape index (κ3) is 5.54. The van der Waals surface area contributed by atoms with Gasteiger partial charge in [0.25, 0.3) is 0 Å². The maximum Gasteiger partial charge on any atom is 0.221 e. The zero-order valence-electron chi connectivity index (χ0n) is 9.08. The lowest BCUT2D eigenvalue weighted by molar-refractivity contribution is -0.120. The molecule has 1 aromatic rings. The van der Waals surface area contributed by atoms with Gasteiger partial charge in [-0.1, -0.05) is 13.0 Å². The summed E-state index contributed by atoms with van der Waals surface area (Å²) >= 11 is 1.73. The van der Waals surface area contributed by atoms with Crippen LogP contribution in [-0.2, 0) is 11.3 Å². The molecule has 0 bridgehead atoms. The van der Waals surface area contributed by atoms with Crippen molar-refractivity contribution < 1.29 is 4.79 Å². The molecule has 2 N–H and O–H groups in total. The summed E-state index contributed by atoms with van der Waals surface area (Å²) in [5.41, 5.74) is 0. The fourth-order valence-electron chi connectivity index (χ4n) is 1.18. The summed E-state index contributed by atoms with van der Waals surface area (Å²) in [5, 5.41) is 8.15. The van der Waals surface area contributed by atoms with E-state index in [1.165, 1.54) is 4.88 Å². The summed E-state index contributed by atoms with van der Waals surface area (Å²) in [5.74, 6) is 0.135. The second-order valence-electron chi connectivity index (χ2n) is 3.36. The van der Waals surface area contributed by atoms with Gasteiger partial charge in [-0.2, -0.15) is 0 Å². The van der Waals surface area contributed by atoms with E-state index in [2.05, 4.69) is 29.0 Å². The molecule has 0 aromatic carbocycles. The summed E-state index contributed by atoms with van der Waals surface area (Å²) in [6, 6.07) is 4.13. The largest absolute Gasteiger partial charge is 0.356 e. The SMILES string of the molecule is CCCNC(=O)CCNCc1cccs1. The molecule has 0 saturated heterocycles. The molecule has 0 aliphatic carbocycles. The highest BCUT2D eigenvalue weighted by atomic mass is 32.1. The topological polar surface area (TPSA) is 41.1 Å². The van der Waals surface area contributed by atoms with Crippen molar-refractivity contribution in [1.29, 1.82) is 0 Å². The van der Waals surface area contributed by atoms with Gasteiger partial charge < -0.3 is 10.6 Å². The Labute approximate surface area is 94.9 Å². The Morgan fingerprint density at radius 3 is 3.00 bits per heavy atom. The first-order valence-corrected chi connectivity index (χ1v) is 6.20. The van der Waals surface area contributed by atoms with Crippen LogP contribution in [0.1, 0.15) is 24.6 Å².